The zero-order valence-corrected chi connectivity index (χ0v) is 12.2. The SMILES string of the molecule is CC(C)(C#N)N=NC(C)(C)C#N.CC(C)C#N.N#N. The fraction of sp³-hybridized carbons (Fsp3) is 0.750. The van der Waals surface area contributed by atoms with E-state index in [1.54, 1.807) is 27.7 Å². The quantitative estimate of drug-likeness (QED) is 0.553. The van der Waals surface area contributed by atoms with Crippen LogP contribution in [0.15, 0.2) is 10.2 Å². The van der Waals surface area contributed by atoms with E-state index in [1.807, 2.05) is 32.1 Å². The normalized spacial score (nSPS) is 10.0. The molecule has 0 saturated carbocycles. The van der Waals surface area contributed by atoms with Crippen LogP contribution in [0, 0.1) is 50.7 Å². The molecular formula is C12H19N7. The zero-order valence-electron chi connectivity index (χ0n) is 12.2. The number of rotatable bonds is 2. The molecule has 102 valence electrons. The summed E-state index contributed by atoms with van der Waals surface area (Å²) in [5.74, 6) is 0.190. The summed E-state index contributed by atoms with van der Waals surface area (Å²) < 4.78 is 0. The minimum absolute atomic E-state index is 0.190. The Morgan fingerprint density at radius 2 is 1.00 bits per heavy atom. The second kappa shape index (κ2) is 10.6. The fourth-order valence-electron chi connectivity index (χ4n) is 0.295. The number of hydrogen-bond donors (Lipinski definition) is 0. The van der Waals surface area contributed by atoms with Crippen LogP contribution in [0.3, 0.4) is 0 Å². The molecule has 0 spiro atoms. The standard InChI is InChI=1S/C8H12N4.C4H7N.N2/c1-7(2,5-9)11-12-8(3,4)6-10;1-4(2)3-5;1-2/h1-4H3;4H,1-2H3;. The summed E-state index contributed by atoms with van der Waals surface area (Å²) in [5.41, 5.74) is -1.68. The number of nitrogens with zero attached hydrogens (tertiary/aromatic N) is 7. The highest BCUT2D eigenvalue weighted by molar-refractivity contribution is 5.03. The summed E-state index contributed by atoms with van der Waals surface area (Å²) >= 11 is 0. The molecule has 0 aliphatic rings. The first kappa shape index (κ1) is 21.7. The summed E-state index contributed by atoms with van der Waals surface area (Å²) in [5, 5.41) is 44.6. The fourth-order valence-corrected chi connectivity index (χ4v) is 0.295. The molecule has 0 heterocycles. The van der Waals surface area contributed by atoms with Crippen LogP contribution in [0.2, 0.25) is 0 Å². The van der Waals surface area contributed by atoms with Crippen molar-refractivity contribution in [2.45, 2.75) is 52.6 Å². The van der Waals surface area contributed by atoms with E-state index in [4.69, 9.17) is 26.6 Å². The molecule has 0 amide bonds. The molecule has 0 aromatic carbocycles. The van der Waals surface area contributed by atoms with Gasteiger partial charge in [-0.3, -0.25) is 0 Å². The van der Waals surface area contributed by atoms with Gasteiger partial charge in [-0.15, -0.1) is 0 Å². The molecule has 0 N–H and O–H groups in total. The molecule has 0 aromatic rings. The van der Waals surface area contributed by atoms with E-state index < -0.39 is 11.1 Å². The molecule has 0 fully saturated rings. The molecular weight excluding hydrogens is 242 g/mol. The number of hydrogen-bond acceptors (Lipinski definition) is 7. The Hall–Kier alpha value is -2.51. The minimum atomic E-state index is -0.839. The van der Waals surface area contributed by atoms with Crippen molar-refractivity contribution in [3.63, 3.8) is 0 Å². The van der Waals surface area contributed by atoms with E-state index in [-0.39, 0.29) is 5.92 Å². The Bertz CT molecular complexity index is 382. The predicted molar refractivity (Wildman–Crippen MR) is 68.1 cm³/mol. The maximum absolute atomic E-state index is 8.58. The first-order chi connectivity index (χ1) is 8.60. The van der Waals surface area contributed by atoms with Gasteiger partial charge in [0.2, 0.25) is 0 Å². The van der Waals surface area contributed by atoms with Gasteiger partial charge in [-0.25, -0.2) is 0 Å². The summed E-state index contributed by atoms with van der Waals surface area (Å²) in [4.78, 5) is 0. The van der Waals surface area contributed by atoms with Gasteiger partial charge in [0.05, 0.1) is 18.2 Å². The van der Waals surface area contributed by atoms with Crippen molar-refractivity contribution in [3.05, 3.63) is 0 Å². The van der Waals surface area contributed by atoms with Gasteiger partial charge < -0.3 is 0 Å². The Labute approximate surface area is 114 Å². The first-order valence-corrected chi connectivity index (χ1v) is 5.46. The van der Waals surface area contributed by atoms with Crippen LogP contribution >= 0.6 is 0 Å². The van der Waals surface area contributed by atoms with Crippen LogP contribution in [0.1, 0.15) is 41.5 Å². The largest absolute Gasteiger partial charge is 0.198 e. The van der Waals surface area contributed by atoms with Crippen molar-refractivity contribution in [2.75, 3.05) is 0 Å². The molecule has 0 rings (SSSR count). The predicted octanol–water partition coefficient (Wildman–Crippen LogP) is 3.24. The van der Waals surface area contributed by atoms with Crippen molar-refractivity contribution in [1.82, 2.24) is 0 Å². The number of azo groups is 1. The molecule has 0 radical (unpaired) electrons. The average molecular weight is 261 g/mol. The van der Waals surface area contributed by atoms with E-state index in [1.165, 1.54) is 0 Å². The number of nitriles is 3. The molecule has 7 nitrogen and oxygen atoms in total. The van der Waals surface area contributed by atoms with Gasteiger partial charge in [0, 0.05) is 16.7 Å². The Balaban J connectivity index is -0.000000307. The first-order valence-electron chi connectivity index (χ1n) is 5.46. The van der Waals surface area contributed by atoms with Crippen molar-refractivity contribution < 1.29 is 0 Å². The van der Waals surface area contributed by atoms with Crippen LogP contribution in [0.25, 0.3) is 0 Å². The smallest absolute Gasteiger partial charge is 0.162 e. The summed E-state index contributed by atoms with van der Waals surface area (Å²) in [7, 11) is 0. The lowest BCUT2D eigenvalue weighted by atomic mass is 10.1. The van der Waals surface area contributed by atoms with Gasteiger partial charge in [0.1, 0.15) is 0 Å². The molecule has 0 bridgehead atoms. The van der Waals surface area contributed by atoms with Crippen LogP contribution in [0.5, 0.6) is 0 Å². The lowest BCUT2D eigenvalue weighted by Gasteiger charge is -2.11. The van der Waals surface area contributed by atoms with Crippen molar-refractivity contribution in [3.8, 4) is 18.2 Å². The molecule has 0 aromatic heterocycles. The van der Waals surface area contributed by atoms with Gasteiger partial charge in [0.25, 0.3) is 0 Å². The van der Waals surface area contributed by atoms with E-state index in [0.717, 1.165) is 0 Å². The van der Waals surface area contributed by atoms with Crippen molar-refractivity contribution in [2.24, 2.45) is 16.1 Å². The maximum atomic E-state index is 8.58. The van der Waals surface area contributed by atoms with Crippen LogP contribution < -0.4 is 0 Å². The van der Waals surface area contributed by atoms with E-state index in [2.05, 4.69) is 10.2 Å². The van der Waals surface area contributed by atoms with Gasteiger partial charge in [-0.1, -0.05) is 0 Å². The van der Waals surface area contributed by atoms with Gasteiger partial charge in [-0.05, 0) is 41.5 Å². The molecule has 0 unspecified atom stereocenters. The topological polar surface area (TPSA) is 144 Å². The van der Waals surface area contributed by atoms with E-state index >= 15 is 0 Å². The highest BCUT2D eigenvalue weighted by atomic mass is 15.2. The van der Waals surface area contributed by atoms with Crippen molar-refractivity contribution in [1.29, 1.82) is 26.6 Å². The van der Waals surface area contributed by atoms with Gasteiger partial charge in [0.15, 0.2) is 11.1 Å². The summed E-state index contributed by atoms with van der Waals surface area (Å²) in [6, 6.07) is 5.96. The zero-order chi connectivity index (χ0) is 16.1. The van der Waals surface area contributed by atoms with Gasteiger partial charge in [-0.2, -0.15) is 26.0 Å². The average Bonchev–Trinajstić information content (AvgIpc) is 2.40. The third-order valence-electron chi connectivity index (χ3n) is 1.36. The Morgan fingerprint density at radius 3 is 1.11 bits per heavy atom. The summed E-state index contributed by atoms with van der Waals surface area (Å²) in [6.07, 6.45) is 0. The molecule has 0 aliphatic carbocycles. The maximum Gasteiger partial charge on any atom is 0.162 e. The molecule has 0 atom stereocenters. The Kier molecular flexibility index (Phi) is 12.2. The van der Waals surface area contributed by atoms with Gasteiger partial charge >= 0.3 is 0 Å². The second-order valence-electron chi connectivity index (χ2n) is 4.83. The highest BCUT2D eigenvalue weighted by Crippen LogP contribution is 2.13. The highest BCUT2D eigenvalue weighted by Gasteiger charge is 2.19. The second-order valence-corrected chi connectivity index (χ2v) is 4.83. The van der Waals surface area contributed by atoms with E-state index in [9.17, 15) is 0 Å². The minimum Gasteiger partial charge on any atom is -0.198 e. The summed E-state index contributed by atoms with van der Waals surface area (Å²) in [6.45, 7) is 10.3. The van der Waals surface area contributed by atoms with Crippen LogP contribution in [-0.4, -0.2) is 11.1 Å². The molecule has 19 heavy (non-hydrogen) atoms. The lowest BCUT2D eigenvalue weighted by molar-refractivity contribution is 0.541. The molecule has 0 saturated heterocycles. The van der Waals surface area contributed by atoms with Crippen molar-refractivity contribution >= 4 is 0 Å². The van der Waals surface area contributed by atoms with Crippen LogP contribution in [0.4, 0.5) is 0 Å². The Morgan fingerprint density at radius 1 is 0.789 bits per heavy atom. The van der Waals surface area contributed by atoms with E-state index in [0.29, 0.717) is 0 Å². The third kappa shape index (κ3) is 18.1. The monoisotopic (exact) mass is 261 g/mol. The lowest BCUT2D eigenvalue weighted by Crippen LogP contribution is -2.17. The third-order valence-corrected chi connectivity index (χ3v) is 1.36. The van der Waals surface area contributed by atoms with Crippen LogP contribution in [-0.2, 0) is 0 Å². The molecule has 0 aliphatic heterocycles. The molecule has 7 heteroatoms.